The number of aliphatic hydroxyl groups excluding tert-OH is 1. The summed E-state index contributed by atoms with van der Waals surface area (Å²) in [6, 6.07) is 5.04. The number of nitrogens with zero attached hydrogens (tertiary/aromatic N) is 1. The number of benzene rings is 1. The minimum Gasteiger partial charge on any atom is -0.413 e. The number of para-hydroxylation sites is 1. The summed E-state index contributed by atoms with van der Waals surface area (Å²) in [5.41, 5.74) is 0.603. The zero-order valence-corrected chi connectivity index (χ0v) is 13.9. The number of nitro benzene ring substituents is 1. The van der Waals surface area contributed by atoms with Crippen LogP contribution in [0.15, 0.2) is 18.2 Å². The second kappa shape index (κ2) is 6.47. The van der Waals surface area contributed by atoms with Gasteiger partial charge in [0, 0.05) is 0 Å². The molecule has 0 aliphatic carbocycles. The Bertz CT molecular complexity index is 483. The SMILES string of the molecule is C[SiH](C)OC(c1cccc(CO)c1[N+](=O)[O-])C(C)(C)C. The van der Waals surface area contributed by atoms with Gasteiger partial charge in [-0.3, -0.25) is 10.1 Å². The zero-order valence-electron chi connectivity index (χ0n) is 12.7. The Kier molecular flexibility index (Phi) is 5.44. The molecule has 1 atom stereocenters. The average Bonchev–Trinajstić information content (AvgIpc) is 2.33. The number of hydrogen-bond acceptors (Lipinski definition) is 4. The molecule has 0 radical (unpaired) electrons. The van der Waals surface area contributed by atoms with Gasteiger partial charge >= 0.3 is 0 Å². The molecule has 0 saturated heterocycles. The van der Waals surface area contributed by atoms with Crippen LogP contribution in [0.3, 0.4) is 0 Å². The molecular formula is C14H23NO4Si. The molecule has 0 aromatic heterocycles. The molecule has 112 valence electrons. The van der Waals surface area contributed by atoms with Gasteiger partial charge in [0.15, 0.2) is 9.04 Å². The van der Waals surface area contributed by atoms with Gasteiger partial charge in [-0.15, -0.1) is 0 Å². The molecule has 1 N–H and O–H groups in total. The van der Waals surface area contributed by atoms with Crippen molar-refractivity contribution in [1.29, 1.82) is 0 Å². The highest BCUT2D eigenvalue weighted by Crippen LogP contribution is 2.41. The minimum absolute atomic E-state index is 0.0235. The molecule has 0 fully saturated rings. The predicted molar refractivity (Wildman–Crippen MR) is 81.2 cm³/mol. The molecule has 5 nitrogen and oxygen atoms in total. The largest absolute Gasteiger partial charge is 0.413 e. The molecule has 0 heterocycles. The Morgan fingerprint density at radius 1 is 1.40 bits per heavy atom. The minimum atomic E-state index is -1.36. The van der Waals surface area contributed by atoms with E-state index in [1.807, 2.05) is 33.9 Å². The molecule has 0 saturated carbocycles. The van der Waals surface area contributed by atoms with Crippen LogP contribution in [-0.4, -0.2) is 19.1 Å². The summed E-state index contributed by atoms with van der Waals surface area (Å²) in [5, 5.41) is 20.7. The smallest absolute Gasteiger partial charge is 0.280 e. The van der Waals surface area contributed by atoms with Gasteiger partial charge in [-0.1, -0.05) is 26.8 Å². The maximum Gasteiger partial charge on any atom is 0.280 e. The van der Waals surface area contributed by atoms with E-state index < -0.39 is 14.0 Å². The van der Waals surface area contributed by atoms with Crippen molar-refractivity contribution in [1.82, 2.24) is 0 Å². The van der Waals surface area contributed by atoms with Crippen molar-refractivity contribution in [3.63, 3.8) is 0 Å². The van der Waals surface area contributed by atoms with Crippen molar-refractivity contribution in [3.05, 3.63) is 39.4 Å². The Balaban J connectivity index is 3.43. The second-order valence-corrected chi connectivity index (χ2v) is 8.57. The number of rotatable bonds is 5. The van der Waals surface area contributed by atoms with Gasteiger partial charge in [-0.25, -0.2) is 0 Å². The first-order chi connectivity index (χ1) is 9.18. The number of hydrogen-bond donors (Lipinski definition) is 1. The third kappa shape index (κ3) is 3.88. The van der Waals surface area contributed by atoms with E-state index in [-0.39, 0.29) is 23.8 Å². The van der Waals surface area contributed by atoms with Gasteiger partial charge in [0.05, 0.1) is 28.8 Å². The van der Waals surface area contributed by atoms with Crippen LogP contribution in [0.5, 0.6) is 0 Å². The molecule has 0 amide bonds. The quantitative estimate of drug-likeness (QED) is 0.514. The summed E-state index contributed by atoms with van der Waals surface area (Å²) in [5.74, 6) is 0. The van der Waals surface area contributed by atoms with Gasteiger partial charge in [0.2, 0.25) is 0 Å². The van der Waals surface area contributed by atoms with Crippen molar-refractivity contribution >= 4 is 14.7 Å². The molecule has 1 aromatic rings. The molecule has 20 heavy (non-hydrogen) atoms. The van der Waals surface area contributed by atoms with Crippen molar-refractivity contribution in [3.8, 4) is 0 Å². The van der Waals surface area contributed by atoms with E-state index in [0.29, 0.717) is 11.1 Å². The lowest BCUT2D eigenvalue weighted by Crippen LogP contribution is -2.26. The summed E-state index contributed by atoms with van der Waals surface area (Å²) in [4.78, 5) is 10.9. The summed E-state index contributed by atoms with van der Waals surface area (Å²) in [6.07, 6.45) is -0.346. The van der Waals surface area contributed by atoms with Crippen molar-refractivity contribution < 1.29 is 14.5 Å². The van der Waals surface area contributed by atoms with Crippen LogP contribution in [0.1, 0.15) is 38.0 Å². The third-order valence-corrected chi connectivity index (χ3v) is 3.80. The molecule has 0 bridgehead atoms. The summed E-state index contributed by atoms with van der Waals surface area (Å²) < 4.78 is 6.04. The Hall–Kier alpha value is -1.24. The van der Waals surface area contributed by atoms with Gasteiger partial charge in [-0.2, -0.15) is 0 Å². The van der Waals surface area contributed by atoms with Crippen molar-refractivity contribution in [2.24, 2.45) is 5.41 Å². The van der Waals surface area contributed by atoms with Crippen molar-refractivity contribution in [2.75, 3.05) is 0 Å². The first-order valence-corrected chi connectivity index (χ1v) is 9.49. The second-order valence-electron chi connectivity index (χ2n) is 6.20. The van der Waals surface area contributed by atoms with Crippen LogP contribution in [0.4, 0.5) is 5.69 Å². The van der Waals surface area contributed by atoms with E-state index in [1.54, 1.807) is 18.2 Å². The zero-order chi connectivity index (χ0) is 15.5. The van der Waals surface area contributed by atoms with Crippen LogP contribution in [0.25, 0.3) is 0 Å². The fourth-order valence-corrected chi connectivity index (χ4v) is 3.29. The van der Waals surface area contributed by atoms with Gasteiger partial charge < -0.3 is 9.53 Å². The topological polar surface area (TPSA) is 72.6 Å². The molecule has 0 aliphatic rings. The molecule has 6 heteroatoms. The first-order valence-electron chi connectivity index (χ1n) is 6.71. The fourth-order valence-electron chi connectivity index (χ4n) is 2.19. The maximum absolute atomic E-state index is 11.4. The van der Waals surface area contributed by atoms with Gasteiger partial charge in [-0.05, 0) is 30.6 Å². The third-order valence-electron chi connectivity index (χ3n) is 2.98. The molecular weight excluding hydrogens is 274 g/mol. The van der Waals surface area contributed by atoms with Crippen LogP contribution in [0, 0.1) is 15.5 Å². The summed E-state index contributed by atoms with van der Waals surface area (Å²) in [6.45, 7) is 9.75. The summed E-state index contributed by atoms with van der Waals surface area (Å²) >= 11 is 0. The molecule has 1 unspecified atom stereocenters. The standard InChI is InChI=1S/C14H23NO4Si/c1-14(2,3)13(19-20(4)5)11-8-6-7-10(9-16)12(11)15(17)18/h6-8,13,16,20H,9H2,1-5H3. The maximum atomic E-state index is 11.4. The van der Waals surface area contributed by atoms with Crippen LogP contribution >= 0.6 is 0 Å². The van der Waals surface area contributed by atoms with Crippen molar-refractivity contribution in [2.45, 2.75) is 46.6 Å². The molecule has 1 rings (SSSR count). The lowest BCUT2D eigenvalue weighted by Gasteiger charge is -2.32. The monoisotopic (exact) mass is 297 g/mol. The summed E-state index contributed by atoms with van der Waals surface area (Å²) in [7, 11) is -1.36. The molecule has 0 spiro atoms. The Morgan fingerprint density at radius 2 is 2.00 bits per heavy atom. The van der Waals surface area contributed by atoms with Gasteiger partial charge in [0.1, 0.15) is 0 Å². The van der Waals surface area contributed by atoms with Gasteiger partial charge in [0.25, 0.3) is 5.69 Å². The lowest BCUT2D eigenvalue weighted by atomic mass is 9.83. The average molecular weight is 297 g/mol. The van der Waals surface area contributed by atoms with Crippen LogP contribution < -0.4 is 0 Å². The molecule has 0 aliphatic heterocycles. The highest BCUT2D eigenvalue weighted by Gasteiger charge is 2.34. The number of nitro groups is 1. The normalized spacial score (nSPS) is 13.6. The highest BCUT2D eigenvalue weighted by molar-refractivity contribution is 6.48. The number of aliphatic hydroxyl groups is 1. The van der Waals surface area contributed by atoms with E-state index in [1.165, 1.54) is 0 Å². The first kappa shape index (κ1) is 16.8. The lowest BCUT2D eigenvalue weighted by molar-refractivity contribution is -0.387. The van der Waals surface area contributed by atoms with Crippen LogP contribution in [0.2, 0.25) is 13.1 Å². The highest BCUT2D eigenvalue weighted by atomic mass is 28.3. The predicted octanol–water partition coefficient (Wildman–Crippen LogP) is 3.17. The van der Waals surface area contributed by atoms with Crippen LogP contribution in [-0.2, 0) is 11.0 Å². The Morgan fingerprint density at radius 3 is 2.40 bits per heavy atom. The fraction of sp³-hybridized carbons (Fsp3) is 0.571. The molecule has 1 aromatic carbocycles. The van der Waals surface area contributed by atoms with E-state index >= 15 is 0 Å². The van der Waals surface area contributed by atoms with E-state index in [2.05, 4.69) is 0 Å². The van der Waals surface area contributed by atoms with E-state index in [9.17, 15) is 15.2 Å². The Labute approximate surface area is 121 Å². The van der Waals surface area contributed by atoms with E-state index in [4.69, 9.17) is 4.43 Å². The van der Waals surface area contributed by atoms with E-state index in [0.717, 1.165) is 0 Å².